The second-order valence-electron chi connectivity index (χ2n) is 8.43. The molecule has 0 aliphatic heterocycles. The molecule has 0 unspecified atom stereocenters. The summed E-state index contributed by atoms with van der Waals surface area (Å²) in [6.45, 7) is 4.76. The first-order chi connectivity index (χ1) is 18.4. The first-order valence-corrected chi connectivity index (χ1v) is 12.3. The van der Waals surface area contributed by atoms with Crippen molar-refractivity contribution < 1.29 is 13.9 Å². The molecule has 0 amide bonds. The van der Waals surface area contributed by atoms with Gasteiger partial charge in [0.15, 0.2) is 0 Å². The maximum absolute atomic E-state index is 12.5. The van der Waals surface area contributed by atoms with Gasteiger partial charge in [0, 0.05) is 61.1 Å². The molecule has 0 bridgehead atoms. The Morgan fingerprint density at radius 3 is 2.24 bits per heavy atom. The van der Waals surface area contributed by atoms with E-state index in [0.29, 0.717) is 12.1 Å². The lowest BCUT2D eigenvalue weighted by molar-refractivity contribution is 0.394. The van der Waals surface area contributed by atoms with Crippen LogP contribution in [0.5, 0.6) is 11.5 Å². The Balaban J connectivity index is 0.000000317. The van der Waals surface area contributed by atoms with Crippen molar-refractivity contribution in [3.05, 3.63) is 84.8 Å². The normalized spacial score (nSPS) is 10.6. The standard InChI is InChI=1S/C22H23N5O2.C7H8FN/c1-5-27(17-8-18(28-3)11-19(9-17)29-4)16-6-7-20-21(10-16)25-22(13-23-20)15-12-24-26(2)14-15;1-2-7-6(8)4-3-5-9-7/h6-14H,5H2,1-4H3;3-5H,2H2,1H3. The SMILES string of the molecule is CCN(c1cc(OC)cc(OC)c1)c1ccc2ncc(-c3cnn(C)c3)nc2c1.CCc1ncccc1F. The van der Waals surface area contributed by atoms with Gasteiger partial charge in [-0.05, 0) is 43.7 Å². The van der Waals surface area contributed by atoms with Crippen LogP contribution in [-0.2, 0) is 13.5 Å². The Bertz CT molecular complexity index is 1500. The zero-order valence-corrected chi connectivity index (χ0v) is 22.2. The molecular weight excluding hydrogens is 483 g/mol. The van der Waals surface area contributed by atoms with Crippen LogP contribution >= 0.6 is 0 Å². The number of anilines is 2. The van der Waals surface area contributed by atoms with Crippen LogP contribution in [0.1, 0.15) is 19.5 Å². The summed E-state index contributed by atoms with van der Waals surface area (Å²) < 4.78 is 25.1. The Labute approximate surface area is 221 Å². The Kier molecular flexibility index (Phi) is 8.47. The average Bonchev–Trinajstić information content (AvgIpc) is 3.39. The number of aromatic nitrogens is 5. The fourth-order valence-electron chi connectivity index (χ4n) is 4.00. The van der Waals surface area contributed by atoms with E-state index in [0.717, 1.165) is 51.7 Å². The molecule has 2 aromatic carbocycles. The summed E-state index contributed by atoms with van der Waals surface area (Å²) in [5.74, 6) is 1.29. The highest BCUT2D eigenvalue weighted by Gasteiger charge is 2.13. The molecule has 0 atom stereocenters. The van der Waals surface area contributed by atoms with Crippen molar-refractivity contribution in [1.82, 2.24) is 24.7 Å². The quantitative estimate of drug-likeness (QED) is 0.264. The summed E-state index contributed by atoms with van der Waals surface area (Å²) in [7, 11) is 5.19. The van der Waals surface area contributed by atoms with Crippen molar-refractivity contribution in [2.75, 3.05) is 25.7 Å². The first-order valence-electron chi connectivity index (χ1n) is 12.3. The van der Waals surface area contributed by atoms with Gasteiger partial charge in [-0.15, -0.1) is 0 Å². The largest absolute Gasteiger partial charge is 0.497 e. The molecule has 8 nitrogen and oxygen atoms in total. The molecular formula is C29H31FN6O2. The Morgan fingerprint density at radius 1 is 0.895 bits per heavy atom. The van der Waals surface area contributed by atoms with Crippen LogP contribution < -0.4 is 14.4 Å². The monoisotopic (exact) mass is 514 g/mol. The predicted octanol–water partition coefficient (Wildman–Crippen LogP) is 5.99. The second kappa shape index (κ2) is 12.1. The van der Waals surface area contributed by atoms with Gasteiger partial charge in [-0.25, -0.2) is 9.37 Å². The van der Waals surface area contributed by atoms with E-state index in [1.54, 1.807) is 43.6 Å². The summed E-state index contributed by atoms with van der Waals surface area (Å²) in [5.41, 5.74) is 5.97. The number of nitrogens with zero attached hydrogens (tertiary/aromatic N) is 6. The molecule has 38 heavy (non-hydrogen) atoms. The van der Waals surface area contributed by atoms with E-state index in [4.69, 9.17) is 14.5 Å². The maximum Gasteiger partial charge on any atom is 0.144 e. The lowest BCUT2D eigenvalue weighted by Gasteiger charge is -2.24. The van der Waals surface area contributed by atoms with Crippen LogP contribution in [0.3, 0.4) is 0 Å². The summed E-state index contributed by atoms with van der Waals surface area (Å²) in [6, 6.07) is 15.0. The number of benzene rings is 2. The fourth-order valence-corrected chi connectivity index (χ4v) is 4.00. The highest BCUT2D eigenvalue weighted by Crippen LogP contribution is 2.33. The fraction of sp³-hybridized carbons (Fsp3) is 0.241. The molecule has 0 saturated carbocycles. The number of hydrogen-bond acceptors (Lipinski definition) is 7. The highest BCUT2D eigenvalue weighted by molar-refractivity contribution is 5.82. The third-order valence-corrected chi connectivity index (χ3v) is 5.97. The number of aryl methyl sites for hydroxylation is 2. The molecule has 3 heterocycles. The van der Waals surface area contributed by atoms with E-state index in [9.17, 15) is 4.39 Å². The lowest BCUT2D eigenvalue weighted by atomic mass is 10.2. The molecule has 3 aromatic heterocycles. The van der Waals surface area contributed by atoms with Gasteiger partial charge in [0.1, 0.15) is 17.3 Å². The van der Waals surface area contributed by atoms with Gasteiger partial charge >= 0.3 is 0 Å². The number of fused-ring (bicyclic) bond motifs is 1. The molecule has 196 valence electrons. The third-order valence-electron chi connectivity index (χ3n) is 5.97. The van der Waals surface area contributed by atoms with Crippen LogP contribution in [0, 0.1) is 5.82 Å². The van der Waals surface area contributed by atoms with Crippen molar-refractivity contribution in [1.29, 1.82) is 0 Å². The van der Waals surface area contributed by atoms with Crippen LogP contribution in [0.25, 0.3) is 22.3 Å². The molecule has 0 aliphatic carbocycles. The minimum absolute atomic E-state index is 0.208. The molecule has 0 saturated heterocycles. The highest BCUT2D eigenvalue weighted by atomic mass is 19.1. The average molecular weight is 515 g/mol. The van der Waals surface area contributed by atoms with Gasteiger partial charge in [0.05, 0.1) is 49.0 Å². The Morgan fingerprint density at radius 2 is 1.66 bits per heavy atom. The first kappa shape index (κ1) is 26.5. The van der Waals surface area contributed by atoms with Crippen LogP contribution in [0.2, 0.25) is 0 Å². The predicted molar refractivity (Wildman–Crippen MR) is 148 cm³/mol. The van der Waals surface area contributed by atoms with Crippen LogP contribution in [-0.4, -0.2) is 45.5 Å². The van der Waals surface area contributed by atoms with E-state index in [2.05, 4.69) is 39.0 Å². The van der Waals surface area contributed by atoms with Gasteiger partial charge in [0.2, 0.25) is 0 Å². The molecule has 0 fully saturated rings. The number of methoxy groups -OCH3 is 2. The number of hydrogen-bond donors (Lipinski definition) is 0. The van der Waals surface area contributed by atoms with E-state index in [-0.39, 0.29) is 5.82 Å². The minimum Gasteiger partial charge on any atom is -0.497 e. The van der Waals surface area contributed by atoms with Gasteiger partial charge in [-0.3, -0.25) is 14.6 Å². The molecule has 0 spiro atoms. The van der Waals surface area contributed by atoms with Crippen molar-refractivity contribution in [3.63, 3.8) is 0 Å². The van der Waals surface area contributed by atoms with E-state index < -0.39 is 0 Å². The summed E-state index contributed by atoms with van der Waals surface area (Å²) in [5, 5.41) is 4.22. The number of pyridine rings is 1. The molecule has 5 aromatic rings. The zero-order valence-electron chi connectivity index (χ0n) is 22.2. The van der Waals surface area contributed by atoms with Crippen molar-refractivity contribution in [3.8, 4) is 22.8 Å². The molecule has 5 rings (SSSR count). The lowest BCUT2D eigenvalue weighted by Crippen LogP contribution is -2.16. The summed E-state index contributed by atoms with van der Waals surface area (Å²) >= 11 is 0. The van der Waals surface area contributed by atoms with Gasteiger partial charge < -0.3 is 14.4 Å². The molecule has 0 radical (unpaired) electrons. The summed E-state index contributed by atoms with van der Waals surface area (Å²) in [6.07, 6.45) is 7.76. The Hall–Kier alpha value is -4.53. The second-order valence-corrected chi connectivity index (χ2v) is 8.43. The number of halogens is 1. The smallest absolute Gasteiger partial charge is 0.144 e. The maximum atomic E-state index is 12.5. The van der Waals surface area contributed by atoms with Crippen molar-refractivity contribution in [2.45, 2.75) is 20.3 Å². The van der Waals surface area contributed by atoms with Gasteiger partial charge in [-0.2, -0.15) is 5.10 Å². The molecule has 9 heteroatoms. The topological polar surface area (TPSA) is 78.2 Å². The number of ether oxygens (including phenoxy) is 2. The van der Waals surface area contributed by atoms with E-state index in [1.165, 1.54) is 6.07 Å². The molecule has 0 N–H and O–H groups in total. The van der Waals surface area contributed by atoms with Gasteiger partial charge in [0.25, 0.3) is 0 Å². The van der Waals surface area contributed by atoms with E-state index in [1.807, 2.05) is 44.4 Å². The molecule has 0 aliphatic rings. The number of rotatable bonds is 7. The third kappa shape index (κ3) is 6.05. The minimum atomic E-state index is -0.208. The van der Waals surface area contributed by atoms with Crippen molar-refractivity contribution >= 4 is 22.4 Å². The zero-order chi connectivity index (χ0) is 27.1. The van der Waals surface area contributed by atoms with Crippen LogP contribution in [0.15, 0.2) is 73.3 Å². The van der Waals surface area contributed by atoms with Crippen molar-refractivity contribution in [2.24, 2.45) is 7.05 Å². The van der Waals surface area contributed by atoms with Crippen LogP contribution in [0.4, 0.5) is 15.8 Å². The summed E-state index contributed by atoms with van der Waals surface area (Å²) in [4.78, 5) is 15.4. The van der Waals surface area contributed by atoms with Gasteiger partial charge in [-0.1, -0.05) is 6.92 Å². The van der Waals surface area contributed by atoms with E-state index >= 15 is 0 Å².